The van der Waals surface area contributed by atoms with Gasteiger partial charge in [-0.1, -0.05) is 0 Å². The molecule has 1 saturated heterocycles. The average Bonchev–Trinajstić information content (AvgIpc) is 3.15. The van der Waals surface area contributed by atoms with Crippen LogP contribution in [0.4, 0.5) is 11.6 Å². The van der Waals surface area contributed by atoms with E-state index in [2.05, 4.69) is 20.7 Å². The van der Waals surface area contributed by atoms with Gasteiger partial charge < -0.3 is 10.7 Å². The highest BCUT2D eigenvalue weighted by atomic mass is 32.2. The summed E-state index contributed by atoms with van der Waals surface area (Å²) in [5.41, 5.74) is 2.52. The summed E-state index contributed by atoms with van der Waals surface area (Å²) in [5.74, 6) is 8.20. The molecule has 0 radical (unpaired) electrons. The highest BCUT2D eigenvalue weighted by molar-refractivity contribution is 7.91. The maximum atomic E-state index is 11.4. The van der Waals surface area contributed by atoms with E-state index in [4.69, 9.17) is 5.84 Å². The van der Waals surface area contributed by atoms with Crippen LogP contribution in [0, 0.1) is 0 Å². The Morgan fingerprint density at radius 1 is 1.21 bits per heavy atom. The van der Waals surface area contributed by atoms with Gasteiger partial charge in [0.1, 0.15) is 17.5 Å². The van der Waals surface area contributed by atoms with Crippen molar-refractivity contribution in [3.05, 3.63) is 11.9 Å². The van der Waals surface area contributed by atoms with Crippen molar-refractivity contribution in [3.63, 3.8) is 0 Å². The molecule has 0 bridgehead atoms. The molecule has 1 aromatic rings. The maximum Gasteiger partial charge on any atom is 0.152 e. The molecule has 4 N–H and O–H groups in total. The van der Waals surface area contributed by atoms with Gasteiger partial charge in [0.25, 0.3) is 0 Å². The average molecular weight is 283 g/mol. The monoisotopic (exact) mass is 283 g/mol. The van der Waals surface area contributed by atoms with E-state index in [1.807, 2.05) is 0 Å². The van der Waals surface area contributed by atoms with Crippen molar-refractivity contribution < 1.29 is 8.42 Å². The van der Waals surface area contributed by atoms with Crippen molar-refractivity contribution in [2.24, 2.45) is 5.84 Å². The van der Waals surface area contributed by atoms with E-state index in [1.54, 1.807) is 6.07 Å². The molecule has 7 nitrogen and oxygen atoms in total. The summed E-state index contributed by atoms with van der Waals surface area (Å²) in [7, 11) is -2.89. The number of hydrazine groups is 1. The fourth-order valence-electron chi connectivity index (χ4n) is 2.26. The number of nitrogens with two attached hydrogens (primary N) is 1. The Morgan fingerprint density at radius 2 is 1.95 bits per heavy atom. The Bertz CT molecular complexity index is 585. The molecule has 1 aliphatic carbocycles. The van der Waals surface area contributed by atoms with Crippen LogP contribution in [0.5, 0.6) is 0 Å². The third-order valence-electron chi connectivity index (χ3n) is 3.42. The van der Waals surface area contributed by atoms with E-state index in [1.165, 1.54) is 0 Å². The molecule has 1 saturated carbocycles. The molecule has 2 heterocycles. The van der Waals surface area contributed by atoms with Gasteiger partial charge in [-0.25, -0.2) is 24.2 Å². The zero-order valence-electron chi connectivity index (χ0n) is 10.5. The number of nitrogens with zero attached hydrogens (tertiary/aromatic N) is 2. The predicted molar refractivity (Wildman–Crippen MR) is 72.5 cm³/mol. The number of sulfone groups is 1. The quantitative estimate of drug-likeness (QED) is 0.536. The largest absolute Gasteiger partial charge is 0.366 e. The highest BCUT2D eigenvalue weighted by Crippen LogP contribution is 2.38. The standard InChI is InChI=1S/C11H17N5O2S/c12-16-10-5-9(14-11(15-10)7-1-2-7)13-8-3-4-19(17,18)6-8/h5,7-8H,1-4,6,12H2,(H2,13,14,15,16). The smallest absolute Gasteiger partial charge is 0.152 e. The lowest BCUT2D eigenvalue weighted by Crippen LogP contribution is -2.22. The summed E-state index contributed by atoms with van der Waals surface area (Å²) in [6, 6.07) is 1.63. The lowest BCUT2D eigenvalue weighted by Gasteiger charge is -2.13. The molecule has 1 unspecified atom stereocenters. The summed E-state index contributed by atoms with van der Waals surface area (Å²) in [4.78, 5) is 8.75. The van der Waals surface area contributed by atoms with Gasteiger partial charge in [-0.3, -0.25) is 0 Å². The fourth-order valence-corrected chi connectivity index (χ4v) is 3.93. The van der Waals surface area contributed by atoms with Gasteiger partial charge in [0, 0.05) is 18.0 Å². The van der Waals surface area contributed by atoms with Crippen molar-refractivity contribution in [2.75, 3.05) is 22.2 Å². The lowest BCUT2D eigenvalue weighted by atomic mass is 10.2. The van der Waals surface area contributed by atoms with Crippen LogP contribution < -0.4 is 16.6 Å². The van der Waals surface area contributed by atoms with E-state index in [0.29, 0.717) is 24.0 Å². The number of anilines is 2. The fraction of sp³-hybridized carbons (Fsp3) is 0.636. The molecule has 1 aromatic heterocycles. The maximum absolute atomic E-state index is 11.4. The van der Waals surface area contributed by atoms with E-state index in [0.717, 1.165) is 18.7 Å². The van der Waals surface area contributed by atoms with E-state index in [9.17, 15) is 8.42 Å². The normalized spacial score (nSPS) is 25.2. The molecule has 3 rings (SSSR count). The molecule has 104 valence electrons. The molecule has 0 aromatic carbocycles. The Labute approximate surface area is 111 Å². The SMILES string of the molecule is NNc1cc(NC2CCS(=O)(=O)C2)nc(C2CC2)n1. The Kier molecular flexibility index (Phi) is 3.06. The van der Waals surface area contributed by atoms with Gasteiger partial charge >= 0.3 is 0 Å². The second-order valence-electron chi connectivity index (χ2n) is 5.16. The van der Waals surface area contributed by atoms with E-state index >= 15 is 0 Å². The van der Waals surface area contributed by atoms with Gasteiger partial charge in [0.2, 0.25) is 0 Å². The number of rotatable bonds is 4. The molecular formula is C11H17N5O2S. The summed E-state index contributed by atoms with van der Waals surface area (Å²) in [6.45, 7) is 0. The minimum absolute atomic E-state index is 0.0717. The minimum atomic E-state index is -2.89. The van der Waals surface area contributed by atoms with Crippen LogP contribution in [-0.2, 0) is 9.84 Å². The van der Waals surface area contributed by atoms with Crippen LogP contribution in [0.15, 0.2) is 6.07 Å². The van der Waals surface area contributed by atoms with Crippen LogP contribution in [-0.4, -0.2) is 35.9 Å². The number of aromatic nitrogens is 2. The van der Waals surface area contributed by atoms with Gasteiger partial charge in [0.15, 0.2) is 9.84 Å². The molecule has 0 spiro atoms. The Morgan fingerprint density at radius 3 is 2.53 bits per heavy atom. The van der Waals surface area contributed by atoms with Crippen LogP contribution in [0.25, 0.3) is 0 Å². The number of hydrogen-bond acceptors (Lipinski definition) is 7. The van der Waals surface area contributed by atoms with Gasteiger partial charge in [-0.2, -0.15) is 0 Å². The number of nitrogens with one attached hydrogen (secondary N) is 2. The van der Waals surface area contributed by atoms with Crippen LogP contribution in [0.3, 0.4) is 0 Å². The first-order valence-electron chi connectivity index (χ1n) is 6.38. The van der Waals surface area contributed by atoms with Gasteiger partial charge in [-0.05, 0) is 19.3 Å². The van der Waals surface area contributed by atoms with Gasteiger partial charge in [0.05, 0.1) is 11.5 Å². The zero-order valence-corrected chi connectivity index (χ0v) is 11.3. The molecule has 2 aliphatic rings. The first-order valence-corrected chi connectivity index (χ1v) is 8.20. The van der Waals surface area contributed by atoms with E-state index < -0.39 is 9.84 Å². The second kappa shape index (κ2) is 4.61. The van der Waals surface area contributed by atoms with Crippen molar-refractivity contribution in [1.29, 1.82) is 0 Å². The molecule has 1 atom stereocenters. The Balaban J connectivity index is 1.78. The number of nitrogen functional groups attached to an aromatic ring is 1. The third-order valence-corrected chi connectivity index (χ3v) is 5.19. The molecule has 0 amide bonds. The van der Waals surface area contributed by atoms with E-state index in [-0.39, 0.29) is 17.5 Å². The molecule has 2 fully saturated rings. The van der Waals surface area contributed by atoms with Crippen molar-refractivity contribution in [2.45, 2.75) is 31.2 Å². The van der Waals surface area contributed by atoms with Crippen LogP contribution >= 0.6 is 0 Å². The second-order valence-corrected chi connectivity index (χ2v) is 7.39. The van der Waals surface area contributed by atoms with Crippen molar-refractivity contribution >= 4 is 21.5 Å². The summed E-state index contributed by atoms with van der Waals surface area (Å²) in [5, 5.41) is 3.17. The third kappa shape index (κ3) is 2.95. The first-order chi connectivity index (χ1) is 9.05. The minimum Gasteiger partial charge on any atom is -0.366 e. The van der Waals surface area contributed by atoms with Crippen molar-refractivity contribution in [1.82, 2.24) is 9.97 Å². The molecule has 1 aliphatic heterocycles. The van der Waals surface area contributed by atoms with Gasteiger partial charge in [-0.15, -0.1) is 0 Å². The summed E-state index contributed by atoms with van der Waals surface area (Å²) >= 11 is 0. The van der Waals surface area contributed by atoms with Crippen LogP contribution in [0.1, 0.15) is 31.0 Å². The zero-order chi connectivity index (χ0) is 13.5. The molecular weight excluding hydrogens is 266 g/mol. The first kappa shape index (κ1) is 12.6. The summed E-state index contributed by atoms with van der Waals surface area (Å²) < 4.78 is 22.9. The highest BCUT2D eigenvalue weighted by Gasteiger charge is 2.30. The Hall–Kier alpha value is -1.41. The molecule has 8 heteroatoms. The topological polar surface area (TPSA) is 110 Å². The summed E-state index contributed by atoms with van der Waals surface area (Å²) in [6.07, 6.45) is 2.83. The lowest BCUT2D eigenvalue weighted by molar-refractivity contribution is 0.602. The van der Waals surface area contributed by atoms with Crippen molar-refractivity contribution in [3.8, 4) is 0 Å². The number of hydrogen-bond donors (Lipinski definition) is 3. The predicted octanol–water partition coefficient (Wildman–Crippen LogP) is 0.239. The molecule has 19 heavy (non-hydrogen) atoms. The van der Waals surface area contributed by atoms with Crippen LogP contribution in [0.2, 0.25) is 0 Å².